The molecule has 0 aliphatic carbocycles. The highest BCUT2D eigenvalue weighted by Gasteiger charge is 2.18. The predicted molar refractivity (Wildman–Crippen MR) is 82.2 cm³/mol. The van der Waals surface area contributed by atoms with E-state index in [1.54, 1.807) is 7.11 Å². The Morgan fingerprint density at radius 1 is 1.20 bits per heavy atom. The van der Waals surface area contributed by atoms with Crippen LogP contribution in [-0.2, 0) is 0 Å². The first-order valence-corrected chi connectivity index (χ1v) is 6.97. The minimum atomic E-state index is 0.0507. The maximum Gasteiger partial charge on any atom is 0.124 e. The standard InChI is InChI=1S/C17H22N2O/c1-5-18-17(15-8-6-7-13(3)19-15)14-11-12(2)9-10-16(14)20-4/h6-11,17-18H,5H2,1-4H3. The summed E-state index contributed by atoms with van der Waals surface area (Å²) in [5, 5.41) is 3.50. The van der Waals surface area contributed by atoms with Crippen LogP contribution in [0.3, 0.4) is 0 Å². The molecule has 0 aliphatic rings. The fraction of sp³-hybridized carbons (Fsp3) is 0.353. The van der Waals surface area contributed by atoms with Gasteiger partial charge < -0.3 is 10.1 Å². The number of aryl methyl sites for hydroxylation is 2. The van der Waals surface area contributed by atoms with Gasteiger partial charge in [-0.05, 0) is 38.6 Å². The molecule has 0 bridgehead atoms. The summed E-state index contributed by atoms with van der Waals surface area (Å²) in [6.07, 6.45) is 0. The molecule has 1 heterocycles. The van der Waals surface area contributed by atoms with Crippen LogP contribution in [0.4, 0.5) is 0 Å². The summed E-state index contributed by atoms with van der Waals surface area (Å²) < 4.78 is 5.51. The molecule has 0 radical (unpaired) electrons. The third-order valence-electron chi connectivity index (χ3n) is 3.31. The molecule has 20 heavy (non-hydrogen) atoms. The zero-order valence-electron chi connectivity index (χ0n) is 12.6. The van der Waals surface area contributed by atoms with Crippen molar-refractivity contribution in [2.24, 2.45) is 0 Å². The van der Waals surface area contributed by atoms with Crippen molar-refractivity contribution in [1.82, 2.24) is 10.3 Å². The summed E-state index contributed by atoms with van der Waals surface area (Å²) in [5.41, 5.74) is 4.40. The van der Waals surface area contributed by atoms with Gasteiger partial charge in [0, 0.05) is 11.3 Å². The first-order chi connectivity index (χ1) is 9.65. The molecule has 0 fully saturated rings. The molecule has 1 aromatic carbocycles. The van der Waals surface area contributed by atoms with Gasteiger partial charge in [-0.25, -0.2) is 0 Å². The number of ether oxygens (including phenoxy) is 1. The number of hydrogen-bond acceptors (Lipinski definition) is 3. The van der Waals surface area contributed by atoms with Crippen LogP contribution in [0.15, 0.2) is 36.4 Å². The molecular weight excluding hydrogens is 248 g/mol. The van der Waals surface area contributed by atoms with E-state index in [0.29, 0.717) is 0 Å². The van der Waals surface area contributed by atoms with Gasteiger partial charge in [0.25, 0.3) is 0 Å². The van der Waals surface area contributed by atoms with Crippen LogP contribution in [0.25, 0.3) is 0 Å². The Morgan fingerprint density at radius 2 is 2.00 bits per heavy atom. The van der Waals surface area contributed by atoms with E-state index in [2.05, 4.69) is 42.3 Å². The second-order valence-electron chi connectivity index (χ2n) is 4.94. The zero-order valence-corrected chi connectivity index (χ0v) is 12.6. The molecular formula is C17H22N2O. The van der Waals surface area contributed by atoms with E-state index in [1.807, 2.05) is 25.1 Å². The van der Waals surface area contributed by atoms with Crippen LogP contribution in [0.1, 0.15) is 35.5 Å². The number of aromatic nitrogens is 1. The molecule has 1 aromatic heterocycles. The van der Waals surface area contributed by atoms with Crippen LogP contribution < -0.4 is 10.1 Å². The molecule has 0 amide bonds. The number of nitrogens with zero attached hydrogens (tertiary/aromatic N) is 1. The van der Waals surface area contributed by atoms with E-state index in [9.17, 15) is 0 Å². The lowest BCUT2D eigenvalue weighted by Gasteiger charge is -2.21. The summed E-state index contributed by atoms with van der Waals surface area (Å²) in [4.78, 5) is 4.66. The van der Waals surface area contributed by atoms with E-state index in [0.717, 1.165) is 29.2 Å². The lowest BCUT2D eigenvalue weighted by atomic mass is 9.99. The van der Waals surface area contributed by atoms with Gasteiger partial charge in [0.15, 0.2) is 0 Å². The summed E-state index contributed by atoms with van der Waals surface area (Å²) in [7, 11) is 1.71. The van der Waals surface area contributed by atoms with Crippen molar-refractivity contribution in [3.63, 3.8) is 0 Å². The maximum atomic E-state index is 5.51. The van der Waals surface area contributed by atoms with E-state index in [4.69, 9.17) is 4.74 Å². The number of methoxy groups -OCH3 is 1. The molecule has 3 nitrogen and oxygen atoms in total. The molecule has 3 heteroatoms. The fourth-order valence-corrected chi connectivity index (χ4v) is 2.38. The highest BCUT2D eigenvalue weighted by atomic mass is 16.5. The first kappa shape index (κ1) is 14.5. The van der Waals surface area contributed by atoms with Crippen LogP contribution in [-0.4, -0.2) is 18.6 Å². The number of pyridine rings is 1. The van der Waals surface area contributed by atoms with Gasteiger partial charge in [0.05, 0.1) is 18.8 Å². The molecule has 0 saturated heterocycles. The molecule has 2 aromatic rings. The molecule has 2 rings (SSSR count). The van der Waals surface area contributed by atoms with Gasteiger partial charge in [0.1, 0.15) is 5.75 Å². The second kappa shape index (κ2) is 6.53. The molecule has 0 saturated carbocycles. The maximum absolute atomic E-state index is 5.51. The molecule has 1 N–H and O–H groups in total. The smallest absolute Gasteiger partial charge is 0.124 e. The summed E-state index contributed by atoms with van der Waals surface area (Å²) in [6.45, 7) is 7.08. The van der Waals surface area contributed by atoms with Crippen molar-refractivity contribution in [1.29, 1.82) is 0 Å². The Hall–Kier alpha value is -1.87. The lowest BCUT2D eigenvalue weighted by molar-refractivity contribution is 0.403. The normalized spacial score (nSPS) is 12.2. The molecule has 0 spiro atoms. The minimum Gasteiger partial charge on any atom is -0.496 e. The Balaban J connectivity index is 2.50. The molecule has 0 aliphatic heterocycles. The quantitative estimate of drug-likeness (QED) is 0.904. The average molecular weight is 270 g/mol. The van der Waals surface area contributed by atoms with E-state index in [-0.39, 0.29) is 6.04 Å². The van der Waals surface area contributed by atoms with Crippen LogP contribution in [0.5, 0.6) is 5.75 Å². The fourth-order valence-electron chi connectivity index (χ4n) is 2.38. The van der Waals surface area contributed by atoms with Crippen molar-refractivity contribution >= 4 is 0 Å². The minimum absolute atomic E-state index is 0.0507. The Morgan fingerprint density at radius 3 is 2.65 bits per heavy atom. The predicted octanol–water partition coefficient (Wildman–Crippen LogP) is 3.41. The van der Waals surface area contributed by atoms with Crippen molar-refractivity contribution in [2.75, 3.05) is 13.7 Å². The van der Waals surface area contributed by atoms with E-state index >= 15 is 0 Å². The highest BCUT2D eigenvalue weighted by Crippen LogP contribution is 2.30. The van der Waals surface area contributed by atoms with Gasteiger partial charge in [-0.3, -0.25) is 4.98 Å². The Labute approximate surface area is 121 Å². The van der Waals surface area contributed by atoms with Crippen molar-refractivity contribution < 1.29 is 4.74 Å². The summed E-state index contributed by atoms with van der Waals surface area (Å²) in [6, 6.07) is 12.4. The van der Waals surface area contributed by atoms with Gasteiger partial charge in [-0.15, -0.1) is 0 Å². The number of rotatable bonds is 5. The summed E-state index contributed by atoms with van der Waals surface area (Å²) in [5.74, 6) is 0.893. The van der Waals surface area contributed by atoms with E-state index in [1.165, 1.54) is 5.56 Å². The van der Waals surface area contributed by atoms with E-state index < -0.39 is 0 Å². The molecule has 106 valence electrons. The van der Waals surface area contributed by atoms with Crippen molar-refractivity contribution in [2.45, 2.75) is 26.8 Å². The third-order valence-corrected chi connectivity index (χ3v) is 3.31. The van der Waals surface area contributed by atoms with Gasteiger partial charge in [-0.1, -0.05) is 30.7 Å². The van der Waals surface area contributed by atoms with Gasteiger partial charge in [-0.2, -0.15) is 0 Å². The van der Waals surface area contributed by atoms with Gasteiger partial charge in [0.2, 0.25) is 0 Å². The zero-order chi connectivity index (χ0) is 14.5. The summed E-state index contributed by atoms with van der Waals surface area (Å²) >= 11 is 0. The topological polar surface area (TPSA) is 34.2 Å². The first-order valence-electron chi connectivity index (χ1n) is 6.97. The van der Waals surface area contributed by atoms with Crippen LogP contribution in [0.2, 0.25) is 0 Å². The van der Waals surface area contributed by atoms with Crippen molar-refractivity contribution in [3.05, 3.63) is 58.9 Å². The number of nitrogens with one attached hydrogen (secondary N) is 1. The highest BCUT2D eigenvalue weighted by molar-refractivity contribution is 5.42. The monoisotopic (exact) mass is 270 g/mol. The Bertz CT molecular complexity index is 581. The molecule has 1 unspecified atom stereocenters. The average Bonchev–Trinajstić information content (AvgIpc) is 2.44. The van der Waals surface area contributed by atoms with Crippen molar-refractivity contribution in [3.8, 4) is 5.75 Å². The SMILES string of the molecule is CCNC(c1cccc(C)n1)c1cc(C)ccc1OC. The second-order valence-corrected chi connectivity index (χ2v) is 4.94. The number of hydrogen-bond donors (Lipinski definition) is 1. The third kappa shape index (κ3) is 3.17. The molecule has 1 atom stereocenters. The Kier molecular flexibility index (Phi) is 4.74. The van der Waals surface area contributed by atoms with Crippen LogP contribution in [0, 0.1) is 13.8 Å². The number of benzene rings is 1. The lowest BCUT2D eigenvalue weighted by Crippen LogP contribution is -2.23. The van der Waals surface area contributed by atoms with Crippen LogP contribution >= 0.6 is 0 Å². The largest absolute Gasteiger partial charge is 0.496 e. The van der Waals surface area contributed by atoms with Gasteiger partial charge >= 0.3 is 0 Å².